The van der Waals surface area contributed by atoms with Gasteiger partial charge in [-0.05, 0) is 49.3 Å². The number of nitrogens with one attached hydrogen (secondary N) is 2. The second-order valence-corrected chi connectivity index (χ2v) is 6.86. The summed E-state index contributed by atoms with van der Waals surface area (Å²) in [6.07, 6.45) is 4.75. The Morgan fingerprint density at radius 2 is 1.74 bits per heavy atom. The molecule has 6 nitrogen and oxygen atoms in total. The molecule has 1 heterocycles. The molecule has 0 radical (unpaired) electrons. The highest BCUT2D eigenvalue weighted by Crippen LogP contribution is 2.29. The molecular weight excluding hydrogens is 342 g/mol. The van der Waals surface area contributed by atoms with Crippen molar-refractivity contribution in [2.45, 2.75) is 32.3 Å². The van der Waals surface area contributed by atoms with Gasteiger partial charge in [-0.3, -0.25) is 4.79 Å². The molecule has 0 spiro atoms. The van der Waals surface area contributed by atoms with Crippen molar-refractivity contribution >= 4 is 17.8 Å². The van der Waals surface area contributed by atoms with Crippen molar-refractivity contribution in [3.05, 3.63) is 60.3 Å². The molecule has 1 aromatic heterocycles. The van der Waals surface area contributed by atoms with Crippen LogP contribution in [-0.4, -0.2) is 23.5 Å². The molecule has 1 fully saturated rings. The first-order chi connectivity index (χ1) is 13.2. The van der Waals surface area contributed by atoms with Gasteiger partial charge in [-0.25, -0.2) is 9.78 Å². The zero-order chi connectivity index (χ0) is 18.9. The van der Waals surface area contributed by atoms with Gasteiger partial charge in [0.2, 0.25) is 5.91 Å². The minimum atomic E-state index is -0.395. The fourth-order valence-electron chi connectivity index (χ4n) is 3.30. The molecule has 0 aliphatic heterocycles. The Labute approximate surface area is 159 Å². The summed E-state index contributed by atoms with van der Waals surface area (Å²) in [6.45, 7) is 0.856. The van der Waals surface area contributed by atoms with Gasteiger partial charge in [0.25, 0.3) is 0 Å². The van der Waals surface area contributed by atoms with E-state index in [9.17, 15) is 9.59 Å². The van der Waals surface area contributed by atoms with Crippen molar-refractivity contribution in [1.82, 2.24) is 10.3 Å². The third-order valence-corrected chi connectivity index (χ3v) is 4.88. The minimum absolute atomic E-state index is 0.00767. The standard InChI is InChI=1S/C21H25N3O3/c25-20(24-19-8-4-5-13-22-19)18-11-9-16(10-12-18)14-23-21(26)27-15-17-6-2-1-3-7-17/h1-8,13,16,18H,9-12,14-15H2,(H,23,26)(H,22,24,25)/t16-,18-. The molecule has 0 bridgehead atoms. The van der Waals surface area contributed by atoms with Crippen LogP contribution in [0, 0.1) is 11.8 Å². The number of nitrogens with zero attached hydrogens (tertiary/aromatic N) is 1. The normalized spacial score (nSPS) is 19.1. The molecule has 142 valence electrons. The second kappa shape index (κ2) is 9.71. The van der Waals surface area contributed by atoms with Crippen LogP contribution >= 0.6 is 0 Å². The van der Waals surface area contributed by atoms with E-state index in [0.29, 0.717) is 18.3 Å². The van der Waals surface area contributed by atoms with Crippen molar-refractivity contribution in [2.75, 3.05) is 11.9 Å². The fraction of sp³-hybridized carbons (Fsp3) is 0.381. The topological polar surface area (TPSA) is 80.3 Å². The molecule has 1 aromatic carbocycles. The highest BCUT2D eigenvalue weighted by molar-refractivity contribution is 5.91. The van der Waals surface area contributed by atoms with Gasteiger partial charge >= 0.3 is 6.09 Å². The quantitative estimate of drug-likeness (QED) is 0.815. The molecule has 2 N–H and O–H groups in total. The number of carbonyl (C=O) groups excluding carboxylic acids is 2. The number of amides is 2. The van der Waals surface area contributed by atoms with Gasteiger partial charge in [-0.2, -0.15) is 0 Å². The summed E-state index contributed by atoms with van der Waals surface area (Å²) in [6, 6.07) is 15.1. The van der Waals surface area contributed by atoms with Crippen LogP contribution in [0.5, 0.6) is 0 Å². The predicted molar refractivity (Wildman–Crippen MR) is 103 cm³/mol. The Balaban J connectivity index is 1.33. The molecular formula is C21H25N3O3. The van der Waals surface area contributed by atoms with Crippen molar-refractivity contribution in [1.29, 1.82) is 0 Å². The third kappa shape index (κ3) is 6.09. The lowest BCUT2D eigenvalue weighted by Crippen LogP contribution is -2.34. The maximum atomic E-state index is 12.3. The predicted octanol–water partition coefficient (Wildman–Crippen LogP) is 3.75. The number of carbonyl (C=O) groups is 2. The summed E-state index contributed by atoms with van der Waals surface area (Å²) < 4.78 is 5.22. The number of hydrogen-bond acceptors (Lipinski definition) is 4. The van der Waals surface area contributed by atoms with E-state index in [1.165, 1.54) is 0 Å². The molecule has 3 rings (SSSR count). The summed E-state index contributed by atoms with van der Waals surface area (Å²) in [5.41, 5.74) is 0.965. The number of rotatable bonds is 6. The second-order valence-electron chi connectivity index (χ2n) is 6.86. The van der Waals surface area contributed by atoms with Gasteiger partial charge in [0.1, 0.15) is 12.4 Å². The fourth-order valence-corrected chi connectivity index (χ4v) is 3.30. The van der Waals surface area contributed by atoms with Crippen molar-refractivity contribution < 1.29 is 14.3 Å². The number of aromatic nitrogens is 1. The Kier molecular flexibility index (Phi) is 6.79. The van der Waals surface area contributed by atoms with Crippen molar-refractivity contribution in [2.24, 2.45) is 11.8 Å². The molecule has 27 heavy (non-hydrogen) atoms. The first-order valence-corrected chi connectivity index (χ1v) is 9.37. The number of anilines is 1. The Morgan fingerprint density at radius 3 is 2.44 bits per heavy atom. The zero-order valence-electron chi connectivity index (χ0n) is 15.3. The van der Waals surface area contributed by atoms with Crippen molar-refractivity contribution in [3.8, 4) is 0 Å². The summed E-state index contributed by atoms with van der Waals surface area (Å²) >= 11 is 0. The first-order valence-electron chi connectivity index (χ1n) is 9.37. The lowest BCUT2D eigenvalue weighted by molar-refractivity contribution is -0.121. The van der Waals surface area contributed by atoms with Gasteiger partial charge in [-0.1, -0.05) is 36.4 Å². The summed E-state index contributed by atoms with van der Waals surface area (Å²) in [7, 11) is 0. The van der Waals surface area contributed by atoms with Crippen LogP contribution in [0.3, 0.4) is 0 Å². The molecule has 1 aliphatic carbocycles. The van der Waals surface area contributed by atoms with Crippen LogP contribution in [0.15, 0.2) is 54.7 Å². The van der Waals surface area contributed by atoms with E-state index in [2.05, 4.69) is 15.6 Å². The van der Waals surface area contributed by atoms with Crippen LogP contribution in [-0.2, 0) is 16.1 Å². The molecule has 1 aliphatic rings. The largest absolute Gasteiger partial charge is 0.445 e. The van der Waals surface area contributed by atoms with E-state index >= 15 is 0 Å². The maximum absolute atomic E-state index is 12.3. The monoisotopic (exact) mass is 367 g/mol. The Morgan fingerprint density at radius 1 is 1.00 bits per heavy atom. The average molecular weight is 367 g/mol. The average Bonchev–Trinajstić information content (AvgIpc) is 2.72. The smallest absolute Gasteiger partial charge is 0.407 e. The van der Waals surface area contributed by atoms with Crippen LogP contribution < -0.4 is 10.6 Å². The zero-order valence-corrected chi connectivity index (χ0v) is 15.3. The van der Waals surface area contributed by atoms with E-state index in [1.54, 1.807) is 12.3 Å². The molecule has 0 saturated heterocycles. The van der Waals surface area contributed by atoms with E-state index in [-0.39, 0.29) is 18.4 Å². The summed E-state index contributed by atoms with van der Waals surface area (Å²) in [5, 5.41) is 5.70. The number of ether oxygens (including phenoxy) is 1. The third-order valence-electron chi connectivity index (χ3n) is 4.88. The molecule has 6 heteroatoms. The van der Waals surface area contributed by atoms with Crippen LogP contribution in [0.1, 0.15) is 31.2 Å². The van der Waals surface area contributed by atoms with Crippen molar-refractivity contribution in [3.63, 3.8) is 0 Å². The molecule has 1 saturated carbocycles. The summed E-state index contributed by atoms with van der Waals surface area (Å²) in [4.78, 5) is 28.3. The lowest BCUT2D eigenvalue weighted by atomic mass is 9.81. The van der Waals surface area contributed by atoms with E-state index in [0.717, 1.165) is 31.2 Å². The van der Waals surface area contributed by atoms with Gasteiger partial charge < -0.3 is 15.4 Å². The van der Waals surface area contributed by atoms with E-state index < -0.39 is 6.09 Å². The van der Waals surface area contributed by atoms with Gasteiger partial charge in [0, 0.05) is 18.7 Å². The molecule has 0 unspecified atom stereocenters. The van der Waals surface area contributed by atoms with Gasteiger partial charge in [0.15, 0.2) is 0 Å². The Hall–Kier alpha value is -2.89. The van der Waals surface area contributed by atoms with Gasteiger partial charge in [-0.15, -0.1) is 0 Å². The molecule has 0 atom stereocenters. The Bertz CT molecular complexity index is 729. The minimum Gasteiger partial charge on any atom is -0.445 e. The van der Waals surface area contributed by atoms with E-state index in [1.807, 2.05) is 42.5 Å². The highest BCUT2D eigenvalue weighted by atomic mass is 16.5. The number of pyridine rings is 1. The van der Waals surface area contributed by atoms with E-state index in [4.69, 9.17) is 4.74 Å². The van der Waals surface area contributed by atoms with Crippen LogP contribution in [0.2, 0.25) is 0 Å². The highest BCUT2D eigenvalue weighted by Gasteiger charge is 2.26. The number of alkyl carbamates (subject to hydrolysis) is 1. The molecule has 2 aromatic rings. The lowest BCUT2D eigenvalue weighted by Gasteiger charge is -2.27. The SMILES string of the molecule is O=C(NC[C@H]1CC[C@H](C(=O)Nc2ccccn2)CC1)OCc1ccccc1. The first kappa shape index (κ1) is 18.9. The molecule has 2 amide bonds. The maximum Gasteiger partial charge on any atom is 0.407 e. The number of hydrogen-bond donors (Lipinski definition) is 2. The van der Waals surface area contributed by atoms with Gasteiger partial charge in [0.05, 0.1) is 0 Å². The van der Waals surface area contributed by atoms with Crippen LogP contribution in [0.4, 0.5) is 10.6 Å². The number of benzene rings is 1. The summed E-state index contributed by atoms with van der Waals surface area (Å²) in [5.74, 6) is 1.01. The van der Waals surface area contributed by atoms with Crippen LogP contribution in [0.25, 0.3) is 0 Å².